The average Bonchev–Trinajstić information content (AvgIpc) is 3.53. The van der Waals surface area contributed by atoms with Crippen molar-refractivity contribution in [1.82, 2.24) is 24.6 Å². The largest absolute Gasteiger partial charge is 0.481 e. The molecule has 0 atom stereocenters. The van der Waals surface area contributed by atoms with Gasteiger partial charge >= 0.3 is 0 Å². The highest BCUT2D eigenvalue weighted by Crippen LogP contribution is 2.33. The van der Waals surface area contributed by atoms with Gasteiger partial charge in [-0.2, -0.15) is 9.97 Å². The smallest absolute Gasteiger partial charge is 0.214 e. The van der Waals surface area contributed by atoms with Gasteiger partial charge in [0.05, 0.1) is 25.3 Å². The molecule has 6 rings (SSSR count). The van der Waals surface area contributed by atoms with Crippen molar-refractivity contribution >= 4 is 44.5 Å². The minimum absolute atomic E-state index is 0.481. The van der Waals surface area contributed by atoms with Gasteiger partial charge < -0.3 is 20.5 Å². The molecule has 0 radical (unpaired) electrons. The van der Waals surface area contributed by atoms with Crippen molar-refractivity contribution in [2.75, 3.05) is 25.3 Å². The van der Waals surface area contributed by atoms with Crippen LogP contribution in [0.4, 0.5) is 17.5 Å². The zero-order valence-electron chi connectivity index (χ0n) is 19.6. The van der Waals surface area contributed by atoms with Gasteiger partial charge in [0.25, 0.3) is 0 Å². The highest BCUT2D eigenvalue weighted by molar-refractivity contribution is 7.22. The number of nitrogens with zero attached hydrogens (tertiary/aromatic N) is 5. The first kappa shape index (κ1) is 23.1. The van der Waals surface area contributed by atoms with Gasteiger partial charge in [-0.15, -0.1) is 16.4 Å². The van der Waals surface area contributed by atoms with Gasteiger partial charge in [-0.05, 0) is 41.8 Å². The minimum atomic E-state index is 0.481. The van der Waals surface area contributed by atoms with E-state index in [0.29, 0.717) is 29.2 Å². The number of hydrogen-bond acceptors (Lipinski definition) is 9. The number of fused-ring (bicyclic) bond motifs is 2. The molecule has 0 saturated heterocycles. The number of pyridine rings is 2. The summed E-state index contributed by atoms with van der Waals surface area (Å²) in [6, 6.07) is 25.2. The lowest BCUT2D eigenvalue weighted by Gasteiger charge is -2.07. The maximum Gasteiger partial charge on any atom is 0.214 e. The number of benzene rings is 1. The Balaban J connectivity index is 0.000000252. The molecule has 0 aliphatic rings. The van der Waals surface area contributed by atoms with Gasteiger partial charge in [-0.3, -0.25) is 0 Å². The predicted molar refractivity (Wildman–Crippen MR) is 143 cm³/mol. The Bertz CT molecular complexity index is 1600. The number of hydrogen-bond donors (Lipinski definition) is 2. The molecule has 0 spiro atoms. The second-order valence-corrected chi connectivity index (χ2v) is 8.66. The fraction of sp³-hybridized carbons (Fsp3) is 0.0769. The third-order valence-corrected chi connectivity index (χ3v) is 6.32. The summed E-state index contributed by atoms with van der Waals surface area (Å²) in [6.45, 7) is 0. The van der Waals surface area contributed by atoms with Crippen LogP contribution in [0.5, 0.6) is 11.8 Å². The normalized spacial score (nSPS) is 10.6. The van der Waals surface area contributed by atoms with Crippen molar-refractivity contribution in [3.05, 3.63) is 85.1 Å². The number of ether oxygens (including phenoxy) is 2. The monoisotopic (exact) mass is 497 g/mol. The highest BCUT2D eigenvalue weighted by Gasteiger charge is 2.11. The third-order valence-electron chi connectivity index (χ3n) is 5.18. The fourth-order valence-electron chi connectivity index (χ4n) is 3.49. The van der Waals surface area contributed by atoms with Crippen LogP contribution in [0.15, 0.2) is 85.1 Å². The second kappa shape index (κ2) is 10.3. The van der Waals surface area contributed by atoms with Gasteiger partial charge in [0.1, 0.15) is 17.3 Å². The molecule has 0 amide bonds. The first-order valence-corrected chi connectivity index (χ1v) is 11.8. The molecule has 180 valence electrons. The molecule has 0 fully saturated rings. The van der Waals surface area contributed by atoms with Crippen LogP contribution in [0.1, 0.15) is 0 Å². The number of nitrogen functional groups attached to an aromatic ring is 1. The van der Waals surface area contributed by atoms with Crippen molar-refractivity contribution in [1.29, 1.82) is 0 Å². The van der Waals surface area contributed by atoms with Crippen LogP contribution in [-0.2, 0) is 0 Å². The molecule has 5 aromatic heterocycles. The summed E-state index contributed by atoms with van der Waals surface area (Å²) in [7, 11) is 3.15. The Kier molecular flexibility index (Phi) is 6.59. The molecule has 9 nitrogen and oxygen atoms in total. The Morgan fingerprint density at radius 3 is 2.36 bits per heavy atom. The summed E-state index contributed by atoms with van der Waals surface area (Å²) in [5.74, 6) is 2.94. The Morgan fingerprint density at radius 2 is 1.61 bits per heavy atom. The first-order valence-electron chi connectivity index (χ1n) is 11.0. The lowest BCUT2D eigenvalue weighted by Crippen LogP contribution is -2.01. The van der Waals surface area contributed by atoms with Crippen molar-refractivity contribution in [3.63, 3.8) is 0 Å². The van der Waals surface area contributed by atoms with E-state index in [1.165, 1.54) is 10.1 Å². The predicted octanol–water partition coefficient (Wildman–Crippen LogP) is 5.43. The molecule has 6 aromatic rings. The first-order chi connectivity index (χ1) is 17.6. The summed E-state index contributed by atoms with van der Waals surface area (Å²) in [4.78, 5) is 13.8. The van der Waals surface area contributed by atoms with E-state index in [0.717, 1.165) is 16.2 Å². The average molecular weight is 498 g/mol. The van der Waals surface area contributed by atoms with Crippen LogP contribution >= 0.6 is 11.3 Å². The molecule has 10 heteroatoms. The number of anilines is 3. The number of nitrogens with two attached hydrogens (primary N) is 1. The van der Waals surface area contributed by atoms with Crippen LogP contribution in [-0.4, -0.2) is 38.8 Å². The summed E-state index contributed by atoms with van der Waals surface area (Å²) in [6.07, 6.45) is 1.86. The van der Waals surface area contributed by atoms with Gasteiger partial charge in [-0.1, -0.05) is 30.3 Å². The Morgan fingerprint density at radius 1 is 0.833 bits per heavy atom. The maximum absolute atomic E-state index is 5.34. The fourth-order valence-corrected chi connectivity index (χ4v) is 4.55. The van der Waals surface area contributed by atoms with E-state index < -0.39 is 0 Å². The number of methoxy groups -OCH3 is 2. The molecule has 1 aromatic carbocycles. The number of imidazole rings is 1. The van der Waals surface area contributed by atoms with E-state index in [-0.39, 0.29) is 0 Å². The summed E-state index contributed by atoms with van der Waals surface area (Å²) in [5, 5.41) is 9.14. The van der Waals surface area contributed by atoms with E-state index in [9.17, 15) is 0 Å². The summed E-state index contributed by atoms with van der Waals surface area (Å²) < 4.78 is 13.1. The van der Waals surface area contributed by atoms with Crippen LogP contribution in [0.3, 0.4) is 0 Å². The van der Waals surface area contributed by atoms with E-state index in [2.05, 4.69) is 50.6 Å². The molecule has 0 unspecified atom stereocenters. The zero-order chi connectivity index (χ0) is 24.9. The summed E-state index contributed by atoms with van der Waals surface area (Å²) in [5.41, 5.74) is 7.11. The quantitative estimate of drug-likeness (QED) is 0.324. The molecule has 3 N–H and O–H groups in total. The van der Waals surface area contributed by atoms with Crippen LogP contribution in [0, 0.1) is 0 Å². The van der Waals surface area contributed by atoms with E-state index in [4.69, 9.17) is 20.3 Å². The van der Waals surface area contributed by atoms with Crippen LogP contribution < -0.4 is 20.5 Å². The van der Waals surface area contributed by atoms with Crippen molar-refractivity contribution < 1.29 is 9.47 Å². The van der Waals surface area contributed by atoms with Crippen molar-refractivity contribution in [2.45, 2.75) is 0 Å². The minimum Gasteiger partial charge on any atom is -0.481 e. The number of nitrogens with one attached hydrogen (secondary N) is 1. The Hall–Kier alpha value is -4.70. The van der Waals surface area contributed by atoms with E-state index >= 15 is 0 Å². The highest BCUT2D eigenvalue weighted by atomic mass is 32.1. The van der Waals surface area contributed by atoms with Gasteiger partial charge in [0.2, 0.25) is 11.8 Å². The van der Waals surface area contributed by atoms with Crippen LogP contribution in [0.2, 0.25) is 0 Å². The second-order valence-electron chi connectivity index (χ2n) is 7.58. The molecule has 0 aliphatic carbocycles. The standard InChI is InChI=1S/C20H15N5OS.C6H8N2O/c1-26-20-8-4-7-17(23-20)22-18-9-10-19-21-12-14(25(19)24-18)16-11-13-5-2-3-6-15(13)27-16;1-9-6-4-2-3-5(7)8-6/h2-12H,1H3,(H,22,23,24);2-4H,1H3,(H2,7,8). The third kappa shape index (κ3) is 5.03. The lowest BCUT2D eigenvalue weighted by atomic mass is 10.2. The molecule has 0 bridgehead atoms. The van der Waals surface area contributed by atoms with Crippen molar-refractivity contribution in [2.24, 2.45) is 0 Å². The van der Waals surface area contributed by atoms with Gasteiger partial charge in [-0.25, -0.2) is 9.50 Å². The molecule has 5 heterocycles. The van der Waals surface area contributed by atoms with E-state index in [1.807, 2.05) is 35.0 Å². The SMILES string of the molecule is COc1cccc(N)n1.COc1cccc(Nc2ccc3ncc(-c4cc5ccccc5s4)n3n2)n1. The molecule has 0 saturated carbocycles. The lowest BCUT2D eigenvalue weighted by molar-refractivity contribution is 0.398. The maximum atomic E-state index is 5.34. The van der Waals surface area contributed by atoms with Gasteiger partial charge in [0.15, 0.2) is 11.5 Å². The molecule has 36 heavy (non-hydrogen) atoms. The summed E-state index contributed by atoms with van der Waals surface area (Å²) >= 11 is 1.73. The van der Waals surface area contributed by atoms with E-state index in [1.54, 1.807) is 49.8 Å². The van der Waals surface area contributed by atoms with Gasteiger partial charge in [0, 0.05) is 16.8 Å². The molecular formula is C26H23N7O2S. The molecular weight excluding hydrogens is 474 g/mol. The molecule has 0 aliphatic heterocycles. The zero-order valence-corrected chi connectivity index (χ0v) is 20.4. The number of rotatable bonds is 5. The van der Waals surface area contributed by atoms with Crippen LogP contribution in [0.25, 0.3) is 26.3 Å². The number of aromatic nitrogens is 5. The number of thiophene rings is 1. The Labute approximate surface area is 211 Å². The topological polar surface area (TPSA) is 112 Å². The van der Waals surface area contributed by atoms with Crippen molar-refractivity contribution in [3.8, 4) is 22.3 Å².